The summed E-state index contributed by atoms with van der Waals surface area (Å²) in [6, 6.07) is 11.3. The van der Waals surface area contributed by atoms with Crippen molar-refractivity contribution < 1.29 is 29.4 Å². The van der Waals surface area contributed by atoms with E-state index in [2.05, 4.69) is 10.6 Å². The highest BCUT2D eigenvalue weighted by atomic mass is 16.7. The van der Waals surface area contributed by atoms with E-state index in [0.29, 0.717) is 11.2 Å². The van der Waals surface area contributed by atoms with Crippen LogP contribution in [-0.4, -0.2) is 45.3 Å². The zero-order chi connectivity index (χ0) is 20.7. The molecule has 152 valence electrons. The van der Waals surface area contributed by atoms with Crippen molar-refractivity contribution in [3.05, 3.63) is 48.0 Å². The Morgan fingerprint density at radius 2 is 1.64 bits per heavy atom. The lowest BCUT2D eigenvalue weighted by Crippen LogP contribution is -2.47. The van der Waals surface area contributed by atoms with Crippen molar-refractivity contribution >= 4 is 12.2 Å². The molecule has 9 heteroatoms. The Morgan fingerprint density at radius 1 is 1.04 bits per heavy atom. The largest absolute Gasteiger partial charge is 0.492 e. The fourth-order valence-corrected chi connectivity index (χ4v) is 2.36. The zero-order valence-corrected chi connectivity index (χ0v) is 16.0. The van der Waals surface area contributed by atoms with Crippen molar-refractivity contribution in [3.63, 3.8) is 0 Å². The Labute approximate surface area is 162 Å². The summed E-state index contributed by atoms with van der Waals surface area (Å²) in [5.74, 6) is -0.860. The molecule has 0 saturated heterocycles. The minimum atomic E-state index is -0.911. The van der Waals surface area contributed by atoms with Gasteiger partial charge in [-0.15, -0.1) is 4.73 Å². The van der Waals surface area contributed by atoms with E-state index in [9.17, 15) is 19.8 Å². The molecule has 0 aliphatic rings. The van der Waals surface area contributed by atoms with Crippen LogP contribution < -0.4 is 15.5 Å². The fraction of sp³-hybridized carbons (Fsp3) is 0.368. The van der Waals surface area contributed by atoms with E-state index < -0.39 is 35.6 Å². The number of hydrogen-bond acceptors (Lipinski definition) is 6. The predicted octanol–water partition coefficient (Wildman–Crippen LogP) is 2.17. The lowest BCUT2D eigenvalue weighted by Gasteiger charge is -2.24. The topological polar surface area (TPSA) is 122 Å². The standard InChI is InChI=1S/C19H25N3O6/c1-19(2,3)27-18(26)21-14(11-13-7-5-4-6-8-13)12-20-17(25)28-22-15(23)9-10-16(22)24/h4-10,14,23-24H,11-12H2,1-3H3,(H,20,25)(H,21,26)/t14-/m0/s1. The van der Waals surface area contributed by atoms with Gasteiger partial charge in [-0.05, 0) is 32.8 Å². The zero-order valence-electron chi connectivity index (χ0n) is 16.0. The van der Waals surface area contributed by atoms with Gasteiger partial charge in [-0.25, -0.2) is 9.59 Å². The number of nitrogens with zero attached hydrogens (tertiary/aromatic N) is 1. The average molecular weight is 391 g/mol. The summed E-state index contributed by atoms with van der Waals surface area (Å²) in [4.78, 5) is 28.9. The molecule has 1 heterocycles. The monoisotopic (exact) mass is 391 g/mol. The number of amides is 2. The third kappa shape index (κ3) is 6.75. The van der Waals surface area contributed by atoms with Gasteiger partial charge in [0, 0.05) is 18.7 Å². The van der Waals surface area contributed by atoms with Gasteiger partial charge in [0.1, 0.15) is 5.60 Å². The van der Waals surface area contributed by atoms with Crippen LogP contribution in [-0.2, 0) is 11.2 Å². The van der Waals surface area contributed by atoms with E-state index in [-0.39, 0.29) is 6.54 Å². The first-order valence-electron chi connectivity index (χ1n) is 8.73. The number of nitrogens with one attached hydrogen (secondary N) is 2. The van der Waals surface area contributed by atoms with Crippen LogP contribution in [0.2, 0.25) is 0 Å². The Morgan fingerprint density at radius 3 is 2.21 bits per heavy atom. The van der Waals surface area contributed by atoms with Crippen molar-refractivity contribution in [3.8, 4) is 11.8 Å². The molecule has 4 N–H and O–H groups in total. The SMILES string of the molecule is CC(C)(C)OC(=O)N[C@H](CNC(=O)On1c(O)ccc1O)Cc1ccccc1. The van der Waals surface area contributed by atoms with Gasteiger partial charge < -0.3 is 30.4 Å². The molecule has 1 aromatic heterocycles. The third-order valence-electron chi connectivity index (χ3n) is 3.51. The van der Waals surface area contributed by atoms with E-state index in [1.54, 1.807) is 20.8 Å². The molecule has 0 aliphatic heterocycles. The number of carbonyl (C=O) groups is 2. The molecule has 0 unspecified atom stereocenters. The maximum absolute atomic E-state index is 12.1. The van der Waals surface area contributed by atoms with Crippen LogP contribution in [0.3, 0.4) is 0 Å². The van der Waals surface area contributed by atoms with E-state index in [1.807, 2.05) is 30.3 Å². The molecular formula is C19H25N3O6. The summed E-state index contributed by atoms with van der Waals surface area (Å²) in [6.07, 6.45) is -1.07. The molecule has 2 amide bonds. The molecule has 0 aliphatic carbocycles. The second-order valence-electron chi connectivity index (χ2n) is 7.14. The molecule has 1 aromatic carbocycles. The number of ether oxygens (including phenoxy) is 1. The fourth-order valence-electron chi connectivity index (χ4n) is 2.36. The number of rotatable bonds is 6. The van der Waals surface area contributed by atoms with Gasteiger partial charge in [0.05, 0.1) is 6.04 Å². The summed E-state index contributed by atoms with van der Waals surface area (Å²) in [5, 5.41) is 24.2. The number of alkyl carbamates (subject to hydrolysis) is 1. The van der Waals surface area contributed by atoms with Crippen molar-refractivity contribution in [2.24, 2.45) is 0 Å². The second kappa shape index (κ2) is 9.03. The van der Waals surface area contributed by atoms with Crippen LogP contribution >= 0.6 is 0 Å². The van der Waals surface area contributed by atoms with Gasteiger partial charge in [-0.2, -0.15) is 0 Å². The molecule has 0 saturated carbocycles. The summed E-state index contributed by atoms with van der Waals surface area (Å²) in [7, 11) is 0. The van der Waals surface area contributed by atoms with Crippen LogP contribution in [0, 0.1) is 0 Å². The van der Waals surface area contributed by atoms with Crippen molar-refractivity contribution in [1.29, 1.82) is 0 Å². The Balaban J connectivity index is 1.98. The summed E-state index contributed by atoms with van der Waals surface area (Å²) in [6.45, 7) is 5.30. The van der Waals surface area contributed by atoms with Gasteiger partial charge in [0.15, 0.2) is 0 Å². The molecule has 0 radical (unpaired) electrons. The average Bonchev–Trinajstić information content (AvgIpc) is 2.91. The Bertz CT molecular complexity index is 778. The predicted molar refractivity (Wildman–Crippen MR) is 101 cm³/mol. The van der Waals surface area contributed by atoms with Crippen molar-refractivity contribution in [2.45, 2.75) is 38.8 Å². The number of benzene rings is 1. The first kappa shape index (κ1) is 20.9. The first-order valence-corrected chi connectivity index (χ1v) is 8.73. The van der Waals surface area contributed by atoms with Gasteiger partial charge in [-0.3, -0.25) is 0 Å². The molecule has 1 atom stereocenters. The first-order chi connectivity index (χ1) is 13.1. The minimum absolute atomic E-state index is 0.0375. The Hall–Kier alpha value is -3.36. The number of hydrogen-bond donors (Lipinski definition) is 4. The van der Waals surface area contributed by atoms with Crippen LogP contribution in [0.25, 0.3) is 0 Å². The summed E-state index contributed by atoms with van der Waals surface area (Å²) in [5.41, 5.74) is 0.302. The van der Waals surface area contributed by atoms with E-state index >= 15 is 0 Å². The van der Waals surface area contributed by atoms with Gasteiger partial charge in [-0.1, -0.05) is 30.3 Å². The molecule has 28 heavy (non-hydrogen) atoms. The lowest BCUT2D eigenvalue weighted by atomic mass is 10.1. The van der Waals surface area contributed by atoms with E-state index in [4.69, 9.17) is 9.57 Å². The van der Waals surface area contributed by atoms with Gasteiger partial charge in [0.2, 0.25) is 11.8 Å². The summed E-state index contributed by atoms with van der Waals surface area (Å²) < 4.78 is 5.84. The highest BCUT2D eigenvalue weighted by Gasteiger charge is 2.21. The maximum atomic E-state index is 12.1. The maximum Gasteiger partial charge on any atom is 0.432 e. The smallest absolute Gasteiger partial charge is 0.432 e. The molecule has 0 fully saturated rings. The van der Waals surface area contributed by atoms with Crippen LogP contribution in [0.4, 0.5) is 9.59 Å². The van der Waals surface area contributed by atoms with E-state index in [0.717, 1.165) is 5.56 Å². The number of carbonyl (C=O) groups excluding carboxylic acids is 2. The second-order valence-corrected chi connectivity index (χ2v) is 7.14. The summed E-state index contributed by atoms with van der Waals surface area (Å²) >= 11 is 0. The van der Waals surface area contributed by atoms with Crippen molar-refractivity contribution in [2.75, 3.05) is 6.54 Å². The van der Waals surface area contributed by atoms with Gasteiger partial charge in [0.25, 0.3) is 0 Å². The molecule has 0 spiro atoms. The lowest BCUT2D eigenvalue weighted by molar-refractivity contribution is 0.0501. The van der Waals surface area contributed by atoms with Crippen LogP contribution in [0.5, 0.6) is 11.8 Å². The molecular weight excluding hydrogens is 366 g/mol. The highest BCUT2D eigenvalue weighted by Crippen LogP contribution is 2.18. The normalized spacial score (nSPS) is 12.1. The molecule has 0 bridgehead atoms. The van der Waals surface area contributed by atoms with E-state index in [1.165, 1.54) is 12.1 Å². The molecule has 2 rings (SSSR count). The van der Waals surface area contributed by atoms with Crippen molar-refractivity contribution in [1.82, 2.24) is 15.4 Å². The molecule has 9 nitrogen and oxygen atoms in total. The minimum Gasteiger partial charge on any atom is -0.492 e. The quantitative estimate of drug-likeness (QED) is 0.599. The number of aromatic nitrogens is 1. The van der Waals surface area contributed by atoms with Crippen LogP contribution in [0.1, 0.15) is 26.3 Å². The molecule has 2 aromatic rings. The highest BCUT2D eigenvalue weighted by molar-refractivity contribution is 5.69. The Kier molecular flexibility index (Phi) is 6.75. The third-order valence-corrected chi connectivity index (χ3v) is 3.51. The van der Waals surface area contributed by atoms with Gasteiger partial charge >= 0.3 is 12.2 Å². The van der Waals surface area contributed by atoms with Crippen LogP contribution in [0.15, 0.2) is 42.5 Å². The number of aromatic hydroxyl groups is 2.